The van der Waals surface area contributed by atoms with Crippen molar-refractivity contribution >= 4 is 11.8 Å². The molecule has 0 aromatic heterocycles. The first-order chi connectivity index (χ1) is 11.9. The molecule has 0 atom stereocenters. The van der Waals surface area contributed by atoms with Crippen molar-refractivity contribution in [3.05, 3.63) is 58.7 Å². The van der Waals surface area contributed by atoms with Crippen molar-refractivity contribution in [3.63, 3.8) is 0 Å². The molecule has 0 N–H and O–H groups in total. The van der Waals surface area contributed by atoms with E-state index in [9.17, 15) is 9.59 Å². The Labute approximate surface area is 147 Å². The largest absolute Gasteiger partial charge is 0.497 e. The fourth-order valence-corrected chi connectivity index (χ4v) is 2.38. The van der Waals surface area contributed by atoms with Crippen molar-refractivity contribution < 1.29 is 23.8 Å². The number of ether oxygens (including phenoxy) is 3. The number of benzene rings is 2. The summed E-state index contributed by atoms with van der Waals surface area (Å²) in [4.78, 5) is 24.3. The number of carbonyl (C=O) groups is 2. The van der Waals surface area contributed by atoms with Crippen molar-refractivity contribution in [3.8, 4) is 11.5 Å². The molecule has 25 heavy (non-hydrogen) atoms. The van der Waals surface area contributed by atoms with Gasteiger partial charge in [0.15, 0.2) is 6.61 Å². The molecule has 0 amide bonds. The molecule has 0 fully saturated rings. The number of esters is 1. The molecule has 0 spiro atoms. The van der Waals surface area contributed by atoms with Crippen molar-refractivity contribution in [1.29, 1.82) is 0 Å². The van der Waals surface area contributed by atoms with E-state index in [-0.39, 0.29) is 18.8 Å². The van der Waals surface area contributed by atoms with Crippen LogP contribution in [0, 0.1) is 13.8 Å². The van der Waals surface area contributed by atoms with E-state index in [1.807, 2.05) is 32.0 Å². The molecule has 5 heteroatoms. The van der Waals surface area contributed by atoms with Crippen LogP contribution in [-0.4, -0.2) is 32.6 Å². The van der Waals surface area contributed by atoms with Crippen LogP contribution in [0.1, 0.15) is 27.0 Å². The maximum atomic E-state index is 12.3. The molecule has 0 aliphatic carbocycles. The Kier molecular flexibility index (Phi) is 6.17. The van der Waals surface area contributed by atoms with Crippen LogP contribution < -0.4 is 9.47 Å². The summed E-state index contributed by atoms with van der Waals surface area (Å²) < 4.78 is 15.4. The van der Waals surface area contributed by atoms with Gasteiger partial charge in [0.25, 0.3) is 0 Å². The molecule has 0 radical (unpaired) electrons. The smallest absolute Gasteiger partial charge is 0.310 e. The fraction of sp³-hybridized carbons (Fsp3) is 0.300. The monoisotopic (exact) mass is 342 g/mol. The SMILES string of the molecule is COc1ccc(C(=O)COC(=O)Cc2ccc(C)c(C)c2)c(OC)c1. The average Bonchev–Trinajstić information content (AvgIpc) is 2.62. The predicted molar refractivity (Wildman–Crippen MR) is 94.5 cm³/mol. The van der Waals surface area contributed by atoms with E-state index in [0.29, 0.717) is 17.1 Å². The fourth-order valence-electron chi connectivity index (χ4n) is 2.38. The number of carbonyl (C=O) groups excluding carboxylic acids is 2. The number of Topliss-reactive ketones (excluding diaryl/α,β-unsaturated/α-hetero) is 1. The van der Waals surface area contributed by atoms with Gasteiger partial charge in [-0.15, -0.1) is 0 Å². The van der Waals surface area contributed by atoms with E-state index in [2.05, 4.69) is 0 Å². The lowest BCUT2D eigenvalue weighted by Gasteiger charge is -2.10. The summed E-state index contributed by atoms with van der Waals surface area (Å²) in [6.07, 6.45) is 0.133. The number of aryl methyl sites for hydroxylation is 2. The topological polar surface area (TPSA) is 61.8 Å². The Morgan fingerprint density at radius 2 is 1.68 bits per heavy atom. The van der Waals surface area contributed by atoms with Gasteiger partial charge in [0.1, 0.15) is 11.5 Å². The van der Waals surface area contributed by atoms with Crippen molar-refractivity contribution in [2.45, 2.75) is 20.3 Å². The molecule has 0 heterocycles. The molecule has 5 nitrogen and oxygen atoms in total. The first-order valence-electron chi connectivity index (χ1n) is 7.91. The third kappa shape index (κ3) is 4.83. The van der Waals surface area contributed by atoms with Gasteiger partial charge in [-0.1, -0.05) is 18.2 Å². The summed E-state index contributed by atoms with van der Waals surface area (Å²) in [6, 6.07) is 10.7. The second-order valence-electron chi connectivity index (χ2n) is 5.75. The third-order valence-corrected chi connectivity index (χ3v) is 3.99. The van der Waals surface area contributed by atoms with E-state index in [1.165, 1.54) is 19.8 Å². The maximum absolute atomic E-state index is 12.3. The Bertz CT molecular complexity index is 780. The van der Waals surface area contributed by atoms with Crippen LogP contribution in [-0.2, 0) is 16.0 Å². The van der Waals surface area contributed by atoms with Gasteiger partial charge in [0.05, 0.1) is 26.2 Å². The highest BCUT2D eigenvalue weighted by molar-refractivity contribution is 6.00. The van der Waals surface area contributed by atoms with Gasteiger partial charge < -0.3 is 14.2 Å². The van der Waals surface area contributed by atoms with Crippen LogP contribution in [0.2, 0.25) is 0 Å². The molecule has 2 aromatic carbocycles. The van der Waals surface area contributed by atoms with Gasteiger partial charge in [-0.2, -0.15) is 0 Å². The van der Waals surface area contributed by atoms with E-state index in [1.54, 1.807) is 18.2 Å². The van der Waals surface area contributed by atoms with Crippen molar-refractivity contribution in [1.82, 2.24) is 0 Å². The molecule has 0 unspecified atom stereocenters. The maximum Gasteiger partial charge on any atom is 0.310 e. The predicted octanol–water partition coefficient (Wildman–Crippen LogP) is 3.29. The van der Waals surface area contributed by atoms with E-state index < -0.39 is 5.97 Å². The minimum Gasteiger partial charge on any atom is -0.497 e. The third-order valence-electron chi connectivity index (χ3n) is 3.99. The molecule has 0 saturated carbocycles. The lowest BCUT2D eigenvalue weighted by atomic mass is 10.0. The highest BCUT2D eigenvalue weighted by Crippen LogP contribution is 2.25. The Morgan fingerprint density at radius 1 is 0.920 bits per heavy atom. The van der Waals surface area contributed by atoms with Gasteiger partial charge in [-0.25, -0.2) is 0 Å². The quantitative estimate of drug-likeness (QED) is 0.571. The average molecular weight is 342 g/mol. The molecule has 0 bridgehead atoms. The van der Waals surface area contributed by atoms with Gasteiger partial charge in [0, 0.05) is 6.07 Å². The van der Waals surface area contributed by atoms with Crippen LogP contribution in [0.3, 0.4) is 0 Å². The summed E-state index contributed by atoms with van der Waals surface area (Å²) in [5.41, 5.74) is 3.49. The number of rotatable bonds is 7. The Morgan fingerprint density at radius 3 is 2.32 bits per heavy atom. The van der Waals surface area contributed by atoms with Crippen LogP contribution in [0.5, 0.6) is 11.5 Å². The highest BCUT2D eigenvalue weighted by atomic mass is 16.5. The summed E-state index contributed by atoms with van der Waals surface area (Å²) in [7, 11) is 3.00. The molecule has 2 rings (SSSR count). The molecular formula is C20H22O5. The number of methoxy groups -OCH3 is 2. The molecule has 0 aliphatic rings. The van der Waals surface area contributed by atoms with Gasteiger partial charge in [0.2, 0.25) is 5.78 Å². The summed E-state index contributed by atoms with van der Waals surface area (Å²) in [5, 5.41) is 0. The second-order valence-corrected chi connectivity index (χ2v) is 5.75. The lowest BCUT2D eigenvalue weighted by molar-refractivity contribution is -0.141. The highest BCUT2D eigenvalue weighted by Gasteiger charge is 2.16. The van der Waals surface area contributed by atoms with Gasteiger partial charge in [-0.05, 0) is 42.7 Å². The molecule has 0 aliphatic heterocycles. The zero-order valence-corrected chi connectivity index (χ0v) is 14.9. The number of hydrogen-bond donors (Lipinski definition) is 0. The Balaban J connectivity index is 1.97. The van der Waals surface area contributed by atoms with Gasteiger partial charge in [-0.3, -0.25) is 9.59 Å². The molecule has 132 valence electrons. The molecule has 2 aromatic rings. The first kappa shape index (κ1) is 18.5. The summed E-state index contributed by atoms with van der Waals surface area (Å²) in [6.45, 7) is 3.67. The lowest BCUT2D eigenvalue weighted by Crippen LogP contribution is -2.16. The minimum absolute atomic E-state index is 0.133. The molecule has 0 saturated heterocycles. The van der Waals surface area contributed by atoms with Crippen LogP contribution in [0.4, 0.5) is 0 Å². The zero-order valence-electron chi connectivity index (χ0n) is 14.9. The summed E-state index contributed by atoms with van der Waals surface area (Å²) in [5.74, 6) is 0.201. The van der Waals surface area contributed by atoms with E-state index >= 15 is 0 Å². The van der Waals surface area contributed by atoms with Crippen LogP contribution in [0.15, 0.2) is 36.4 Å². The Hall–Kier alpha value is -2.82. The second kappa shape index (κ2) is 8.33. The molecular weight excluding hydrogens is 320 g/mol. The minimum atomic E-state index is -0.441. The number of hydrogen-bond acceptors (Lipinski definition) is 5. The van der Waals surface area contributed by atoms with E-state index in [4.69, 9.17) is 14.2 Å². The number of ketones is 1. The zero-order chi connectivity index (χ0) is 18.4. The summed E-state index contributed by atoms with van der Waals surface area (Å²) >= 11 is 0. The van der Waals surface area contributed by atoms with Gasteiger partial charge >= 0.3 is 5.97 Å². The van der Waals surface area contributed by atoms with Crippen molar-refractivity contribution in [2.24, 2.45) is 0 Å². The van der Waals surface area contributed by atoms with Crippen molar-refractivity contribution in [2.75, 3.05) is 20.8 Å². The van der Waals surface area contributed by atoms with Crippen LogP contribution >= 0.6 is 0 Å². The van der Waals surface area contributed by atoms with E-state index in [0.717, 1.165) is 11.1 Å². The first-order valence-corrected chi connectivity index (χ1v) is 7.91. The van der Waals surface area contributed by atoms with Crippen LogP contribution in [0.25, 0.3) is 0 Å². The standard InChI is InChI=1S/C20H22O5/c1-13-5-6-15(9-14(13)2)10-20(22)25-12-18(21)17-8-7-16(23-3)11-19(17)24-4/h5-9,11H,10,12H2,1-4H3. The normalized spacial score (nSPS) is 10.2.